The van der Waals surface area contributed by atoms with Crippen molar-refractivity contribution >= 4 is 21.7 Å². The standard InChI is InChI=1S/C17H10BrFN6O3/c18-9-2-3-11(10(19)6-9)25-15(20)14(22-24-25)17-21-16(23-28-17)8-1-4-12-13(5-8)27-7-26-12/h1-6H,7,20H2. The Balaban J connectivity index is 1.50. The van der Waals surface area contributed by atoms with Crippen LogP contribution in [0.1, 0.15) is 0 Å². The third-order valence-corrected chi connectivity index (χ3v) is 4.60. The molecule has 0 radical (unpaired) electrons. The van der Waals surface area contributed by atoms with Crippen molar-refractivity contribution in [1.29, 1.82) is 0 Å². The molecule has 5 rings (SSSR count). The van der Waals surface area contributed by atoms with Gasteiger partial charge in [-0.05, 0) is 36.4 Å². The summed E-state index contributed by atoms with van der Waals surface area (Å²) >= 11 is 3.21. The second-order valence-corrected chi connectivity index (χ2v) is 6.74. The highest BCUT2D eigenvalue weighted by atomic mass is 79.9. The molecule has 0 amide bonds. The molecule has 0 unspecified atom stereocenters. The van der Waals surface area contributed by atoms with E-state index in [0.717, 1.165) is 0 Å². The minimum absolute atomic E-state index is 0.0638. The van der Waals surface area contributed by atoms with Gasteiger partial charge in [-0.1, -0.05) is 26.3 Å². The molecule has 0 aliphatic carbocycles. The summed E-state index contributed by atoms with van der Waals surface area (Å²) in [6.07, 6.45) is 0. The van der Waals surface area contributed by atoms with Crippen molar-refractivity contribution < 1.29 is 18.4 Å². The summed E-state index contributed by atoms with van der Waals surface area (Å²) in [5, 5.41) is 11.8. The lowest BCUT2D eigenvalue weighted by Gasteiger charge is -2.04. The van der Waals surface area contributed by atoms with Crippen molar-refractivity contribution in [2.75, 3.05) is 12.5 Å². The van der Waals surface area contributed by atoms with Crippen molar-refractivity contribution in [2.45, 2.75) is 0 Å². The number of hydrogen-bond acceptors (Lipinski definition) is 8. The number of benzene rings is 2. The number of nitrogen functional groups attached to an aromatic ring is 1. The number of fused-ring (bicyclic) bond motifs is 1. The molecular formula is C17H10BrFN6O3. The van der Waals surface area contributed by atoms with Crippen molar-refractivity contribution in [2.24, 2.45) is 0 Å². The Labute approximate surface area is 165 Å². The van der Waals surface area contributed by atoms with Crippen LogP contribution < -0.4 is 15.2 Å². The first-order chi connectivity index (χ1) is 13.6. The Morgan fingerprint density at radius 2 is 1.96 bits per heavy atom. The Hall–Kier alpha value is -3.47. The Bertz CT molecular complexity index is 1210. The molecule has 9 nitrogen and oxygen atoms in total. The first-order valence-electron chi connectivity index (χ1n) is 8.01. The minimum atomic E-state index is -0.510. The lowest BCUT2D eigenvalue weighted by molar-refractivity contribution is 0.174. The van der Waals surface area contributed by atoms with Crippen LogP contribution in [0.3, 0.4) is 0 Å². The normalized spacial score (nSPS) is 12.5. The quantitative estimate of drug-likeness (QED) is 0.512. The predicted octanol–water partition coefficient (Wildman–Crippen LogP) is 3.20. The third-order valence-electron chi connectivity index (χ3n) is 4.10. The molecule has 1 aliphatic heterocycles. The van der Waals surface area contributed by atoms with Crippen LogP contribution in [0.4, 0.5) is 10.2 Å². The maximum Gasteiger partial charge on any atom is 0.282 e. The van der Waals surface area contributed by atoms with Crippen molar-refractivity contribution in [3.8, 4) is 40.2 Å². The zero-order valence-corrected chi connectivity index (χ0v) is 15.6. The van der Waals surface area contributed by atoms with Gasteiger partial charge in [0.2, 0.25) is 12.6 Å². The molecule has 140 valence electrons. The molecule has 2 aromatic carbocycles. The van der Waals surface area contributed by atoms with Gasteiger partial charge >= 0.3 is 0 Å². The number of aromatic nitrogens is 5. The molecule has 0 fully saturated rings. The number of anilines is 1. The Morgan fingerprint density at radius 3 is 2.82 bits per heavy atom. The van der Waals surface area contributed by atoms with Gasteiger partial charge in [0.25, 0.3) is 5.89 Å². The van der Waals surface area contributed by atoms with Gasteiger partial charge < -0.3 is 19.7 Å². The van der Waals surface area contributed by atoms with Crippen molar-refractivity contribution in [3.05, 3.63) is 46.7 Å². The molecule has 0 bridgehead atoms. The minimum Gasteiger partial charge on any atom is -0.454 e. The summed E-state index contributed by atoms with van der Waals surface area (Å²) in [6, 6.07) is 9.78. The molecular weight excluding hydrogens is 435 g/mol. The van der Waals surface area contributed by atoms with Crippen LogP contribution >= 0.6 is 15.9 Å². The smallest absolute Gasteiger partial charge is 0.282 e. The summed E-state index contributed by atoms with van der Waals surface area (Å²) in [4.78, 5) is 4.31. The lowest BCUT2D eigenvalue weighted by Crippen LogP contribution is -2.04. The van der Waals surface area contributed by atoms with Crippen LogP contribution in [0, 0.1) is 5.82 Å². The molecule has 0 spiro atoms. The molecule has 0 saturated heterocycles. The Morgan fingerprint density at radius 1 is 1.11 bits per heavy atom. The van der Waals surface area contributed by atoms with Crippen LogP contribution in [0.15, 0.2) is 45.4 Å². The average Bonchev–Trinajstić information content (AvgIpc) is 3.40. The van der Waals surface area contributed by atoms with Crippen LogP contribution in [-0.2, 0) is 0 Å². The van der Waals surface area contributed by atoms with Gasteiger partial charge in [0.1, 0.15) is 11.5 Å². The fourth-order valence-electron chi connectivity index (χ4n) is 2.75. The zero-order valence-electron chi connectivity index (χ0n) is 14.0. The summed E-state index contributed by atoms with van der Waals surface area (Å²) in [5.41, 5.74) is 7.06. The molecule has 2 N–H and O–H groups in total. The van der Waals surface area contributed by atoms with Crippen LogP contribution in [0.5, 0.6) is 11.5 Å². The van der Waals surface area contributed by atoms with Crippen molar-refractivity contribution in [3.63, 3.8) is 0 Å². The fraction of sp³-hybridized carbons (Fsp3) is 0.0588. The van der Waals surface area contributed by atoms with E-state index < -0.39 is 5.82 Å². The maximum absolute atomic E-state index is 14.2. The molecule has 0 atom stereocenters. The number of halogens is 2. The monoisotopic (exact) mass is 444 g/mol. The molecule has 3 heterocycles. The molecule has 0 saturated carbocycles. The molecule has 28 heavy (non-hydrogen) atoms. The number of hydrogen-bond donors (Lipinski definition) is 1. The van der Waals surface area contributed by atoms with Gasteiger partial charge in [0.15, 0.2) is 23.0 Å². The van der Waals surface area contributed by atoms with E-state index in [2.05, 4.69) is 36.4 Å². The van der Waals surface area contributed by atoms with Gasteiger partial charge in [-0.3, -0.25) is 0 Å². The summed E-state index contributed by atoms with van der Waals surface area (Å²) in [6.45, 7) is 0.169. The first-order valence-corrected chi connectivity index (χ1v) is 8.80. The van der Waals surface area contributed by atoms with Crippen LogP contribution in [0.25, 0.3) is 28.7 Å². The zero-order chi connectivity index (χ0) is 19.3. The molecule has 2 aromatic heterocycles. The highest BCUT2D eigenvalue weighted by Gasteiger charge is 2.22. The molecule has 11 heteroatoms. The number of nitrogens with two attached hydrogens (primary N) is 1. The largest absolute Gasteiger partial charge is 0.454 e. The third kappa shape index (κ3) is 2.67. The van der Waals surface area contributed by atoms with Gasteiger partial charge in [-0.2, -0.15) is 9.67 Å². The Kier molecular flexibility index (Phi) is 3.76. The van der Waals surface area contributed by atoms with E-state index in [1.165, 1.54) is 16.8 Å². The van der Waals surface area contributed by atoms with Crippen LogP contribution in [-0.4, -0.2) is 31.9 Å². The second-order valence-electron chi connectivity index (χ2n) is 5.82. The van der Waals surface area contributed by atoms with E-state index in [1.54, 1.807) is 24.3 Å². The van der Waals surface area contributed by atoms with Gasteiger partial charge in [0.05, 0.1) is 0 Å². The number of ether oxygens (including phenoxy) is 2. The topological polar surface area (TPSA) is 114 Å². The summed E-state index contributed by atoms with van der Waals surface area (Å²) in [7, 11) is 0. The van der Waals surface area contributed by atoms with E-state index in [1.807, 2.05) is 0 Å². The summed E-state index contributed by atoms with van der Waals surface area (Å²) < 4.78 is 31.9. The number of rotatable bonds is 3. The first kappa shape index (κ1) is 16.7. The highest BCUT2D eigenvalue weighted by Crippen LogP contribution is 2.36. The van der Waals surface area contributed by atoms with E-state index >= 15 is 0 Å². The lowest BCUT2D eigenvalue weighted by atomic mass is 10.2. The maximum atomic E-state index is 14.2. The van der Waals surface area contributed by atoms with Crippen molar-refractivity contribution in [1.82, 2.24) is 25.1 Å². The highest BCUT2D eigenvalue weighted by molar-refractivity contribution is 9.10. The van der Waals surface area contributed by atoms with Gasteiger partial charge in [-0.15, -0.1) is 5.10 Å². The van der Waals surface area contributed by atoms with E-state index in [0.29, 0.717) is 27.4 Å². The molecule has 1 aliphatic rings. The predicted molar refractivity (Wildman–Crippen MR) is 98.3 cm³/mol. The fourth-order valence-corrected chi connectivity index (χ4v) is 3.08. The summed E-state index contributed by atoms with van der Waals surface area (Å²) in [5.74, 6) is 1.19. The average molecular weight is 445 g/mol. The van der Waals surface area contributed by atoms with E-state index in [9.17, 15) is 4.39 Å². The van der Waals surface area contributed by atoms with Gasteiger partial charge in [-0.25, -0.2) is 4.39 Å². The van der Waals surface area contributed by atoms with E-state index in [4.69, 9.17) is 19.7 Å². The second kappa shape index (κ2) is 6.30. The molecule has 4 aromatic rings. The van der Waals surface area contributed by atoms with Gasteiger partial charge in [0, 0.05) is 10.0 Å². The van der Waals surface area contributed by atoms with Crippen LogP contribution in [0.2, 0.25) is 0 Å². The van der Waals surface area contributed by atoms with E-state index in [-0.39, 0.29) is 29.9 Å². The number of nitrogens with zero attached hydrogens (tertiary/aromatic N) is 5. The SMILES string of the molecule is Nc1c(-c2nc(-c3ccc4c(c3)OCO4)no2)nnn1-c1ccc(Br)cc1F.